The molecule has 6 nitrogen and oxygen atoms in total. The van der Waals surface area contributed by atoms with Gasteiger partial charge in [-0.3, -0.25) is 9.59 Å². The highest BCUT2D eigenvalue weighted by atomic mass is 16.5. The summed E-state index contributed by atoms with van der Waals surface area (Å²) in [7, 11) is 0. The van der Waals surface area contributed by atoms with Crippen LogP contribution in [0.3, 0.4) is 0 Å². The van der Waals surface area contributed by atoms with Crippen molar-refractivity contribution in [3.8, 4) is 11.8 Å². The van der Waals surface area contributed by atoms with Gasteiger partial charge in [0.1, 0.15) is 12.4 Å². The smallest absolute Gasteiger partial charge is 0.229 e. The minimum atomic E-state index is -0.413. The number of para-hydroxylation sites is 2. The number of carbonyl (C=O) groups excluding carboxylic acids is 2. The summed E-state index contributed by atoms with van der Waals surface area (Å²) in [5.74, 6) is 0.0509. The molecular formula is C26H23N3O3. The molecule has 0 aromatic heterocycles. The molecular weight excluding hydrogens is 402 g/mol. The van der Waals surface area contributed by atoms with Crippen molar-refractivity contribution < 1.29 is 14.3 Å². The third kappa shape index (κ3) is 4.96. The molecule has 4 rings (SSSR count). The molecule has 2 amide bonds. The van der Waals surface area contributed by atoms with Crippen LogP contribution in [0.4, 0.5) is 11.4 Å². The monoisotopic (exact) mass is 425 g/mol. The Morgan fingerprint density at radius 2 is 1.75 bits per heavy atom. The molecule has 1 aliphatic rings. The van der Waals surface area contributed by atoms with E-state index in [4.69, 9.17) is 10.00 Å². The molecule has 1 unspecified atom stereocenters. The lowest BCUT2D eigenvalue weighted by molar-refractivity contribution is -0.122. The highest BCUT2D eigenvalue weighted by Gasteiger charge is 2.35. The Morgan fingerprint density at radius 1 is 1.03 bits per heavy atom. The molecule has 1 fully saturated rings. The summed E-state index contributed by atoms with van der Waals surface area (Å²) in [5.41, 5.74) is 3.25. The fourth-order valence-corrected chi connectivity index (χ4v) is 3.70. The predicted octanol–water partition coefficient (Wildman–Crippen LogP) is 4.32. The number of rotatable bonds is 7. The van der Waals surface area contributed by atoms with E-state index < -0.39 is 5.92 Å². The molecule has 0 spiro atoms. The van der Waals surface area contributed by atoms with Gasteiger partial charge in [-0.25, -0.2) is 0 Å². The maximum absolute atomic E-state index is 12.9. The molecule has 1 saturated heterocycles. The lowest BCUT2D eigenvalue weighted by atomic mass is 10.1. The number of amides is 2. The van der Waals surface area contributed by atoms with Gasteiger partial charge in [-0.15, -0.1) is 0 Å². The minimum Gasteiger partial charge on any atom is -0.489 e. The Hall–Kier alpha value is -4.11. The zero-order valence-corrected chi connectivity index (χ0v) is 17.5. The summed E-state index contributed by atoms with van der Waals surface area (Å²) in [6.07, 6.45) is 0.551. The fourth-order valence-electron chi connectivity index (χ4n) is 3.70. The van der Waals surface area contributed by atoms with Crippen molar-refractivity contribution in [2.24, 2.45) is 5.92 Å². The second-order valence-electron chi connectivity index (χ2n) is 7.65. The molecule has 32 heavy (non-hydrogen) atoms. The number of benzene rings is 3. The SMILES string of the molecule is N#CCc1ccc(OCc2ccccc2NC(=O)C2CC(=O)N(c3ccccc3)C2)cc1. The number of nitrogens with one attached hydrogen (secondary N) is 1. The van der Waals surface area contributed by atoms with Gasteiger partial charge in [-0.05, 0) is 35.9 Å². The molecule has 6 heteroatoms. The van der Waals surface area contributed by atoms with E-state index in [1.807, 2.05) is 78.9 Å². The van der Waals surface area contributed by atoms with E-state index in [0.717, 1.165) is 16.8 Å². The van der Waals surface area contributed by atoms with E-state index in [0.29, 0.717) is 24.4 Å². The standard InChI is InChI=1S/C26H23N3O3/c27-15-14-19-10-12-23(13-11-19)32-18-20-6-4-5-9-24(20)28-26(31)21-16-25(30)29(17-21)22-7-2-1-3-8-22/h1-13,21H,14,16-18H2,(H,28,31). The zero-order valence-electron chi connectivity index (χ0n) is 17.5. The van der Waals surface area contributed by atoms with Crippen LogP contribution in [0.1, 0.15) is 17.5 Å². The Kier molecular flexibility index (Phi) is 6.47. The molecule has 0 aliphatic carbocycles. The third-order valence-corrected chi connectivity index (χ3v) is 5.44. The van der Waals surface area contributed by atoms with E-state index in [1.54, 1.807) is 4.90 Å². The first-order valence-electron chi connectivity index (χ1n) is 10.5. The average Bonchev–Trinajstić information content (AvgIpc) is 3.22. The van der Waals surface area contributed by atoms with Gasteiger partial charge in [0.2, 0.25) is 11.8 Å². The second kappa shape index (κ2) is 9.80. The molecule has 160 valence electrons. The van der Waals surface area contributed by atoms with E-state index in [1.165, 1.54) is 0 Å². The van der Waals surface area contributed by atoms with Gasteiger partial charge in [0.15, 0.2) is 0 Å². The molecule has 0 bridgehead atoms. The van der Waals surface area contributed by atoms with E-state index in [-0.39, 0.29) is 24.8 Å². The highest BCUT2D eigenvalue weighted by molar-refractivity contribution is 6.03. The minimum absolute atomic E-state index is 0.0483. The Labute approximate surface area is 187 Å². The first-order chi connectivity index (χ1) is 15.6. The number of carbonyl (C=O) groups is 2. The fraction of sp³-hybridized carbons (Fsp3) is 0.192. The maximum Gasteiger partial charge on any atom is 0.229 e. The predicted molar refractivity (Wildman–Crippen MR) is 122 cm³/mol. The van der Waals surface area contributed by atoms with Crippen molar-refractivity contribution >= 4 is 23.2 Å². The summed E-state index contributed by atoms with van der Waals surface area (Å²) in [4.78, 5) is 27.0. The van der Waals surface area contributed by atoms with Crippen LogP contribution in [-0.2, 0) is 22.6 Å². The summed E-state index contributed by atoms with van der Waals surface area (Å²) in [5, 5.41) is 11.7. The lowest BCUT2D eigenvalue weighted by Crippen LogP contribution is -2.28. The van der Waals surface area contributed by atoms with Crippen molar-refractivity contribution in [3.05, 3.63) is 90.0 Å². The van der Waals surface area contributed by atoms with Crippen LogP contribution in [0.25, 0.3) is 0 Å². The maximum atomic E-state index is 12.9. The number of hydrogen-bond acceptors (Lipinski definition) is 4. The summed E-state index contributed by atoms with van der Waals surface area (Å²) in [6, 6.07) is 26.4. The Morgan fingerprint density at radius 3 is 2.50 bits per heavy atom. The van der Waals surface area contributed by atoms with Crippen LogP contribution in [0, 0.1) is 17.2 Å². The van der Waals surface area contributed by atoms with Gasteiger partial charge in [0, 0.05) is 29.9 Å². The van der Waals surface area contributed by atoms with Gasteiger partial charge in [-0.1, -0.05) is 48.5 Å². The molecule has 0 radical (unpaired) electrons. The number of nitrogens with zero attached hydrogens (tertiary/aromatic N) is 2. The van der Waals surface area contributed by atoms with Crippen molar-refractivity contribution in [1.29, 1.82) is 5.26 Å². The first-order valence-corrected chi connectivity index (χ1v) is 10.5. The van der Waals surface area contributed by atoms with E-state index in [2.05, 4.69) is 11.4 Å². The van der Waals surface area contributed by atoms with Crippen LogP contribution in [0.5, 0.6) is 5.75 Å². The number of nitriles is 1. The van der Waals surface area contributed by atoms with E-state index in [9.17, 15) is 9.59 Å². The molecule has 0 saturated carbocycles. The first kappa shape index (κ1) is 21.1. The van der Waals surface area contributed by atoms with Gasteiger partial charge in [-0.2, -0.15) is 5.26 Å². The number of ether oxygens (including phenoxy) is 1. The van der Waals surface area contributed by atoms with Crippen LogP contribution in [0.2, 0.25) is 0 Å². The Bertz CT molecular complexity index is 1140. The zero-order chi connectivity index (χ0) is 22.3. The average molecular weight is 425 g/mol. The van der Waals surface area contributed by atoms with Gasteiger partial charge >= 0.3 is 0 Å². The second-order valence-corrected chi connectivity index (χ2v) is 7.65. The van der Waals surface area contributed by atoms with E-state index >= 15 is 0 Å². The van der Waals surface area contributed by atoms with Crippen LogP contribution in [-0.4, -0.2) is 18.4 Å². The number of hydrogen-bond donors (Lipinski definition) is 1. The molecule has 1 atom stereocenters. The quantitative estimate of drug-likeness (QED) is 0.611. The molecule has 1 heterocycles. The van der Waals surface area contributed by atoms with Crippen LogP contribution >= 0.6 is 0 Å². The number of anilines is 2. The van der Waals surface area contributed by atoms with Gasteiger partial charge in [0.25, 0.3) is 0 Å². The summed E-state index contributed by atoms with van der Waals surface area (Å²) in [6.45, 7) is 0.649. The summed E-state index contributed by atoms with van der Waals surface area (Å²) < 4.78 is 5.87. The van der Waals surface area contributed by atoms with Crippen molar-refractivity contribution in [3.63, 3.8) is 0 Å². The lowest BCUT2D eigenvalue weighted by Gasteiger charge is -2.17. The van der Waals surface area contributed by atoms with Crippen molar-refractivity contribution in [1.82, 2.24) is 0 Å². The van der Waals surface area contributed by atoms with Crippen LogP contribution < -0.4 is 15.0 Å². The molecule has 1 N–H and O–H groups in total. The van der Waals surface area contributed by atoms with Gasteiger partial charge in [0.05, 0.1) is 18.4 Å². The van der Waals surface area contributed by atoms with Crippen molar-refractivity contribution in [2.45, 2.75) is 19.4 Å². The molecule has 3 aromatic rings. The topological polar surface area (TPSA) is 82.4 Å². The Balaban J connectivity index is 1.39. The third-order valence-electron chi connectivity index (χ3n) is 5.44. The van der Waals surface area contributed by atoms with Gasteiger partial charge < -0.3 is 15.0 Å². The largest absolute Gasteiger partial charge is 0.489 e. The normalized spacial score (nSPS) is 15.3. The van der Waals surface area contributed by atoms with Crippen molar-refractivity contribution in [2.75, 3.05) is 16.8 Å². The molecule has 3 aromatic carbocycles. The molecule has 1 aliphatic heterocycles. The van der Waals surface area contributed by atoms with Crippen LogP contribution in [0.15, 0.2) is 78.9 Å². The summed E-state index contributed by atoms with van der Waals surface area (Å²) >= 11 is 0. The highest BCUT2D eigenvalue weighted by Crippen LogP contribution is 2.27.